The zero-order chi connectivity index (χ0) is 20.7. The van der Waals surface area contributed by atoms with Gasteiger partial charge in [0.25, 0.3) is 5.91 Å². The highest BCUT2D eigenvalue weighted by Gasteiger charge is 2.39. The molecule has 3 atom stereocenters. The fourth-order valence-electron chi connectivity index (χ4n) is 5.67. The van der Waals surface area contributed by atoms with Crippen molar-refractivity contribution >= 4 is 23.4 Å². The number of amides is 3. The van der Waals surface area contributed by atoms with E-state index in [4.69, 9.17) is 0 Å². The minimum Gasteiger partial charge on any atom is -0.381 e. The highest BCUT2D eigenvalue weighted by atomic mass is 16.2. The van der Waals surface area contributed by atoms with Gasteiger partial charge >= 0.3 is 0 Å². The van der Waals surface area contributed by atoms with Crippen LogP contribution in [0.25, 0.3) is 0 Å². The molecule has 7 heteroatoms. The Kier molecular flexibility index (Phi) is 5.23. The zero-order valence-electron chi connectivity index (χ0n) is 17.4. The number of anilines is 1. The van der Waals surface area contributed by atoms with Crippen molar-refractivity contribution in [1.82, 2.24) is 15.1 Å². The molecule has 5 rings (SSSR count). The van der Waals surface area contributed by atoms with Crippen LogP contribution in [0.1, 0.15) is 67.3 Å². The van der Waals surface area contributed by atoms with E-state index in [0.717, 1.165) is 11.3 Å². The molecule has 0 aromatic heterocycles. The molecule has 3 heterocycles. The van der Waals surface area contributed by atoms with Crippen molar-refractivity contribution in [2.75, 3.05) is 18.4 Å². The molecule has 0 radical (unpaired) electrons. The maximum atomic E-state index is 12.9. The first-order chi connectivity index (χ1) is 14.6. The summed E-state index contributed by atoms with van der Waals surface area (Å²) in [4.78, 5) is 40.8. The molecule has 1 saturated carbocycles. The molecule has 160 valence electrons. The van der Waals surface area contributed by atoms with Crippen LogP contribution in [0, 0.1) is 0 Å². The molecule has 3 amide bonds. The van der Waals surface area contributed by atoms with Crippen LogP contribution >= 0.6 is 0 Å². The highest BCUT2D eigenvalue weighted by Crippen LogP contribution is 2.32. The number of nitrogens with zero attached hydrogens (tertiary/aromatic N) is 2. The summed E-state index contributed by atoms with van der Waals surface area (Å²) in [5, 5.41) is 6.11. The summed E-state index contributed by atoms with van der Waals surface area (Å²) in [6.07, 6.45) is 8.33. The van der Waals surface area contributed by atoms with Crippen molar-refractivity contribution < 1.29 is 14.4 Å². The fourth-order valence-corrected chi connectivity index (χ4v) is 5.67. The number of rotatable bonds is 4. The largest absolute Gasteiger partial charge is 0.381 e. The van der Waals surface area contributed by atoms with Gasteiger partial charge in [0.2, 0.25) is 11.8 Å². The third-order valence-corrected chi connectivity index (χ3v) is 7.21. The third kappa shape index (κ3) is 3.60. The zero-order valence-corrected chi connectivity index (χ0v) is 17.4. The van der Waals surface area contributed by atoms with E-state index in [-0.39, 0.29) is 24.1 Å². The number of nitrogens with one attached hydrogen (secondary N) is 2. The quantitative estimate of drug-likeness (QED) is 0.745. The first-order valence-corrected chi connectivity index (χ1v) is 11.4. The molecular formula is C23H30N4O3. The molecule has 1 aliphatic carbocycles. The van der Waals surface area contributed by atoms with Gasteiger partial charge in [-0.2, -0.15) is 0 Å². The Labute approximate surface area is 177 Å². The average molecular weight is 411 g/mol. The van der Waals surface area contributed by atoms with Gasteiger partial charge < -0.3 is 10.2 Å². The van der Waals surface area contributed by atoms with Gasteiger partial charge in [-0.05, 0) is 75.4 Å². The number of fused-ring (bicyclic) bond motifs is 1. The summed E-state index contributed by atoms with van der Waals surface area (Å²) in [7, 11) is 0. The van der Waals surface area contributed by atoms with Gasteiger partial charge in [-0.25, -0.2) is 0 Å². The van der Waals surface area contributed by atoms with E-state index in [2.05, 4.69) is 21.6 Å². The summed E-state index contributed by atoms with van der Waals surface area (Å²) >= 11 is 0. The lowest BCUT2D eigenvalue weighted by Gasteiger charge is -2.36. The van der Waals surface area contributed by atoms with Crippen LogP contribution in [0.2, 0.25) is 0 Å². The molecule has 3 aliphatic heterocycles. The van der Waals surface area contributed by atoms with E-state index in [1.807, 2.05) is 12.1 Å². The molecule has 7 nitrogen and oxygen atoms in total. The van der Waals surface area contributed by atoms with Crippen LogP contribution in [-0.4, -0.2) is 58.7 Å². The van der Waals surface area contributed by atoms with Crippen LogP contribution in [0.5, 0.6) is 0 Å². The summed E-state index contributed by atoms with van der Waals surface area (Å²) in [5.74, 6) is -0.731. The lowest BCUT2D eigenvalue weighted by Crippen LogP contribution is -2.52. The number of likely N-dealkylation sites (tertiary alicyclic amines) is 1. The van der Waals surface area contributed by atoms with Crippen LogP contribution in [-0.2, 0) is 16.1 Å². The van der Waals surface area contributed by atoms with Gasteiger partial charge in [-0.15, -0.1) is 0 Å². The Hall–Kier alpha value is -2.41. The first-order valence-electron chi connectivity index (χ1n) is 11.4. The SMILES string of the molecule is O=C1CCC(N2Cc3cc(N[C@@H]4CCC[C@H]4N4CCCCC4)ccc3C2=O)C(=O)N1. The molecule has 1 unspecified atom stereocenters. The van der Waals surface area contributed by atoms with Crippen molar-refractivity contribution in [1.29, 1.82) is 0 Å². The third-order valence-electron chi connectivity index (χ3n) is 7.21. The predicted molar refractivity (Wildman–Crippen MR) is 113 cm³/mol. The summed E-state index contributed by atoms with van der Waals surface area (Å²) in [6, 6.07) is 6.44. The second-order valence-corrected chi connectivity index (χ2v) is 9.12. The lowest BCUT2D eigenvalue weighted by atomic mass is 10.0. The van der Waals surface area contributed by atoms with Crippen LogP contribution in [0.15, 0.2) is 18.2 Å². The molecule has 1 aromatic rings. The summed E-state index contributed by atoms with van der Waals surface area (Å²) in [6.45, 7) is 2.85. The molecule has 4 aliphatic rings. The maximum Gasteiger partial charge on any atom is 0.255 e. The molecular weight excluding hydrogens is 380 g/mol. The average Bonchev–Trinajstić information content (AvgIpc) is 3.33. The van der Waals surface area contributed by atoms with Crippen molar-refractivity contribution in [2.24, 2.45) is 0 Å². The molecule has 1 aromatic carbocycles. The second-order valence-electron chi connectivity index (χ2n) is 9.12. The van der Waals surface area contributed by atoms with E-state index < -0.39 is 6.04 Å². The standard InChI is InChI=1S/C23H30N4O3/c28-21-10-9-20(22(29)25-21)27-14-15-13-16(7-8-17(15)23(27)30)24-18-5-4-6-19(18)26-11-2-1-3-12-26/h7-8,13,18-20,24H,1-6,9-12,14H2,(H,25,28,29)/t18-,19-,20?/m1/s1. The number of carbonyl (C=O) groups excluding carboxylic acids is 3. The first kappa shape index (κ1) is 19.5. The fraction of sp³-hybridized carbons (Fsp3) is 0.609. The van der Waals surface area contributed by atoms with Crippen LogP contribution in [0.3, 0.4) is 0 Å². The molecule has 0 bridgehead atoms. The lowest BCUT2D eigenvalue weighted by molar-refractivity contribution is -0.136. The number of hydrogen-bond acceptors (Lipinski definition) is 5. The number of benzene rings is 1. The van der Waals surface area contributed by atoms with E-state index in [0.29, 0.717) is 30.6 Å². The van der Waals surface area contributed by atoms with Crippen molar-refractivity contribution in [3.63, 3.8) is 0 Å². The number of hydrogen-bond donors (Lipinski definition) is 2. The van der Waals surface area contributed by atoms with Crippen LogP contribution < -0.4 is 10.6 Å². The maximum absolute atomic E-state index is 12.9. The Morgan fingerprint density at radius 2 is 1.80 bits per heavy atom. The highest BCUT2D eigenvalue weighted by molar-refractivity contribution is 6.05. The topological polar surface area (TPSA) is 81.8 Å². The molecule has 2 N–H and O–H groups in total. The van der Waals surface area contributed by atoms with Gasteiger partial charge in [0.05, 0.1) is 0 Å². The summed E-state index contributed by atoms with van der Waals surface area (Å²) < 4.78 is 0. The molecule has 2 saturated heterocycles. The van der Waals surface area contributed by atoms with Gasteiger partial charge in [0, 0.05) is 36.3 Å². The minimum atomic E-state index is -0.558. The molecule has 3 fully saturated rings. The van der Waals surface area contributed by atoms with E-state index in [9.17, 15) is 14.4 Å². The van der Waals surface area contributed by atoms with E-state index in [1.54, 1.807) is 4.90 Å². The number of piperidine rings is 2. The molecule has 0 spiro atoms. The molecule has 30 heavy (non-hydrogen) atoms. The Morgan fingerprint density at radius 3 is 2.60 bits per heavy atom. The van der Waals surface area contributed by atoms with Crippen molar-refractivity contribution in [2.45, 2.75) is 76.0 Å². The Morgan fingerprint density at radius 1 is 0.967 bits per heavy atom. The van der Waals surface area contributed by atoms with Gasteiger partial charge in [0.15, 0.2) is 0 Å². The van der Waals surface area contributed by atoms with Gasteiger partial charge in [-0.1, -0.05) is 6.42 Å². The summed E-state index contributed by atoms with van der Waals surface area (Å²) in [5.41, 5.74) is 2.69. The second kappa shape index (κ2) is 8.02. The van der Waals surface area contributed by atoms with Gasteiger partial charge in [-0.3, -0.25) is 24.6 Å². The normalized spacial score (nSPS) is 29.8. The predicted octanol–water partition coefficient (Wildman–Crippen LogP) is 2.27. The Bertz CT molecular complexity index is 864. The number of imide groups is 1. The number of carbonyl (C=O) groups is 3. The smallest absolute Gasteiger partial charge is 0.255 e. The Balaban J connectivity index is 1.28. The van der Waals surface area contributed by atoms with Crippen molar-refractivity contribution in [3.05, 3.63) is 29.3 Å². The van der Waals surface area contributed by atoms with Crippen LogP contribution in [0.4, 0.5) is 5.69 Å². The monoisotopic (exact) mass is 410 g/mol. The minimum absolute atomic E-state index is 0.113. The van der Waals surface area contributed by atoms with E-state index >= 15 is 0 Å². The van der Waals surface area contributed by atoms with E-state index in [1.165, 1.54) is 51.6 Å². The van der Waals surface area contributed by atoms with Gasteiger partial charge in [0.1, 0.15) is 6.04 Å². The van der Waals surface area contributed by atoms with Crippen molar-refractivity contribution in [3.8, 4) is 0 Å².